The van der Waals surface area contributed by atoms with E-state index in [9.17, 15) is 0 Å². The molecular weight excluding hydrogens is 314 g/mol. The Kier molecular flexibility index (Phi) is 3.76. The minimum atomic E-state index is 0.497. The highest BCUT2D eigenvalue weighted by Crippen LogP contribution is 2.26. The molecule has 0 spiro atoms. The van der Waals surface area contributed by atoms with Gasteiger partial charge in [-0.05, 0) is 42.8 Å². The normalized spacial score (nSPS) is 11.2. The lowest BCUT2D eigenvalue weighted by Crippen LogP contribution is -2.16. The lowest BCUT2D eigenvalue weighted by Gasteiger charge is -2.17. The first-order valence-electron chi connectivity index (χ1n) is 8.20. The van der Waals surface area contributed by atoms with Gasteiger partial charge in [0, 0.05) is 12.7 Å². The van der Waals surface area contributed by atoms with Crippen LogP contribution in [0.25, 0.3) is 22.2 Å². The zero-order valence-electron chi connectivity index (χ0n) is 14.5. The fourth-order valence-electron chi connectivity index (χ4n) is 2.98. The molecule has 25 heavy (non-hydrogen) atoms. The van der Waals surface area contributed by atoms with E-state index < -0.39 is 0 Å². The van der Waals surface area contributed by atoms with Gasteiger partial charge >= 0.3 is 0 Å². The molecule has 4 rings (SSSR count). The average molecular weight is 333 g/mol. The summed E-state index contributed by atoms with van der Waals surface area (Å²) in [5.74, 6) is 2.69. The maximum atomic E-state index is 5.82. The topological polar surface area (TPSA) is 55.3 Å². The molecule has 0 aliphatic carbocycles. The van der Waals surface area contributed by atoms with Crippen molar-refractivity contribution < 1.29 is 8.83 Å². The van der Waals surface area contributed by atoms with Gasteiger partial charge in [0.2, 0.25) is 5.89 Å². The molecule has 0 radical (unpaired) electrons. The van der Waals surface area contributed by atoms with Crippen LogP contribution >= 0.6 is 0 Å². The Hall–Kier alpha value is -3.08. The van der Waals surface area contributed by atoms with Gasteiger partial charge in [0.05, 0.1) is 12.1 Å². The number of aryl methyl sites for hydroxylation is 2. The number of benzene rings is 2. The Morgan fingerprint density at radius 3 is 2.48 bits per heavy atom. The molecule has 5 nitrogen and oxygen atoms in total. The average Bonchev–Trinajstić information content (AvgIpc) is 3.20. The van der Waals surface area contributed by atoms with Crippen LogP contribution in [0.15, 0.2) is 57.4 Å². The third-order valence-corrected chi connectivity index (χ3v) is 4.28. The van der Waals surface area contributed by atoms with E-state index in [0.29, 0.717) is 18.3 Å². The Morgan fingerprint density at radius 2 is 1.72 bits per heavy atom. The van der Waals surface area contributed by atoms with Gasteiger partial charge in [-0.15, -0.1) is 10.2 Å². The summed E-state index contributed by atoms with van der Waals surface area (Å²) in [7, 11) is 2.02. The molecule has 0 fully saturated rings. The van der Waals surface area contributed by atoms with Gasteiger partial charge in [-0.25, -0.2) is 0 Å². The predicted molar refractivity (Wildman–Crippen MR) is 97.5 cm³/mol. The van der Waals surface area contributed by atoms with Crippen molar-refractivity contribution in [2.75, 3.05) is 11.9 Å². The van der Waals surface area contributed by atoms with Crippen molar-refractivity contribution in [1.29, 1.82) is 0 Å². The fraction of sp³-hybridized carbons (Fsp3) is 0.200. The molecule has 0 aliphatic rings. The largest absolute Gasteiger partial charge is 0.466 e. The van der Waals surface area contributed by atoms with Gasteiger partial charge in [-0.2, -0.15) is 0 Å². The standard InChI is InChI=1S/C20H19N3O2/c1-13-10-18(14(2)24-13)20-22-21-19(25-20)12-23(3)17-9-8-15-6-4-5-7-16(15)11-17/h4-11H,12H2,1-3H3. The fourth-order valence-corrected chi connectivity index (χ4v) is 2.98. The van der Waals surface area contributed by atoms with Gasteiger partial charge < -0.3 is 13.7 Å². The number of anilines is 1. The van der Waals surface area contributed by atoms with Crippen molar-refractivity contribution in [3.8, 4) is 11.5 Å². The van der Waals surface area contributed by atoms with Crippen LogP contribution < -0.4 is 4.90 Å². The van der Waals surface area contributed by atoms with E-state index in [1.807, 2.05) is 39.1 Å². The second-order valence-corrected chi connectivity index (χ2v) is 6.22. The van der Waals surface area contributed by atoms with Crippen LogP contribution in [0.2, 0.25) is 0 Å². The first kappa shape index (κ1) is 15.4. The summed E-state index contributed by atoms with van der Waals surface area (Å²) in [4.78, 5) is 2.09. The van der Waals surface area contributed by atoms with Crippen molar-refractivity contribution >= 4 is 16.5 Å². The molecule has 2 aromatic carbocycles. The Labute approximate surface area is 145 Å². The molecule has 0 unspecified atom stereocenters. The molecule has 0 atom stereocenters. The van der Waals surface area contributed by atoms with E-state index >= 15 is 0 Å². The Bertz CT molecular complexity index is 1030. The molecule has 0 saturated carbocycles. The summed E-state index contributed by atoms with van der Waals surface area (Å²) in [5.41, 5.74) is 1.96. The Morgan fingerprint density at radius 1 is 0.920 bits per heavy atom. The van der Waals surface area contributed by atoms with Crippen LogP contribution in [0, 0.1) is 13.8 Å². The van der Waals surface area contributed by atoms with E-state index in [2.05, 4.69) is 45.4 Å². The van der Waals surface area contributed by atoms with E-state index in [0.717, 1.165) is 22.8 Å². The number of hydrogen-bond acceptors (Lipinski definition) is 5. The molecule has 2 heterocycles. The molecule has 0 saturated heterocycles. The molecule has 2 aromatic heterocycles. The third-order valence-electron chi connectivity index (χ3n) is 4.28. The maximum absolute atomic E-state index is 5.82. The highest BCUT2D eigenvalue weighted by molar-refractivity contribution is 5.85. The zero-order chi connectivity index (χ0) is 17.4. The molecule has 126 valence electrons. The number of hydrogen-bond donors (Lipinski definition) is 0. The monoisotopic (exact) mass is 333 g/mol. The van der Waals surface area contributed by atoms with Gasteiger partial charge in [-0.3, -0.25) is 0 Å². The summed E-state index contributed by atoms with van der Waals surface area (Å²) in [5, 5.41) is 10.8. The zero-order valence-corrected chi connectivity index (χ0v) is 14.5. The summed E-state index contributed by atoms with van der Waals surface area (Å²) in [6, 6.07) is 16.6. The summed E-state index contributed by atoms with van der Waals surface area (Å²) < 4.78 is 11.4. The van der Waals surface area contributed by atoms with Crippen LogP contribution in [-0.2, 0) is 6.54 Å². The van der Waals surface area contributed by atoms with Gasteiger partial charge in [-0.1, -0.05) is 30.3 Å². The lowest BCUT2D eigenvalue weighted by atomic mass is 10.1. The highest BCUT2D eigenvalue weighted by Gasteiger charge is 2.15. The van der Waals surface area contributed by atoms with E-state index in [-0.39, 0.29) is 0 Å². The lowest BCUT2D eigenvalue weighted by molar-refractivity contribution is 0.492. The third kappa shape index (κ3) is 3.01. The van der Waals surface area contributed by atoms with Crippen molar-refractivity contribution in [2.24, 2.45) is 0 Å². The first-order chi connectivity index (χ1) is 12.1. The van der Waals surface area contributed by atoms with E-state index in [1.165, 1.54) is 10.8 Å². The minimum Gasteiger partial charge on any atom is -0.466 e. The first-order valence-corrected chi connectivity index (χ1v) is 8.20. The number of furan rings is 1. The minimum absolute atomic E-state index is 0.497. The number of fused-ring (bicyclic) bond motifs is 1. The number of nitrogens with zero attached hydrogens (tertiary/aromatic N) is 3. The van der Waals surface area contributed by atoms with Gasteiger partial charge in [0.25, 0.3) is 5.89 Å². The molecule has 0 N–H and O–H groups in total. The van der Waals surface area contributed by atoms with E-state index in [1.54, 1.807) is 0 Å². The maximum Gasteiger partial charge on any atom is 0.251 e. The smallest absolute Gasteiger partial charge is 0.251 e. The van der Waals surface area contributed by atoms with Crippen molar-refractivity contribution in [3.05, 3.63) is 65.9 Å². The van der Waals surface area contributed by atoms with E-state index in [4.69, 9.17) is 8.83 Å². The van der Waals surface area contributed by atoms with Crippen LogP contribution in [0.5, 0.6) is 0 Å². The summed E-state index contributed by atoms with van der Waals surface area (Å²) in [6.07, 6.45) is 0. The Balaban J connectivity index is 1.56. The molecule has 0 bridgehead atoms. The van der Waals surface area contributed by atoms with Gasteiger partial charge in [0.1, 0.15) is 11.5 Å². The SMILES string of the molecule is Cc1cc(-c2nnc(CN(C)c3ccc4ccccc4c3)o2)c(C)o1. The predicted octanol–water partition coefficient (Wildman–Crippen LogP) is 4.74. The number of rotatable bonds is 4. The van der Waals surface area contributed by atoms with Crippen LogP contribution in [0.3, 0.4) is 0 Å². The molecule has 4 aromatic rings. The molecule has 0 aliphatic heterocycles. The quantitative estimate of drug-likeness (QED) is 0.540. The van der Waals surface area contributed by atoms with Crippen molar-refractivity contribution in [1.82, 2.24) is 10.2 Å². The summed E-state index contributed by atoms with van der Waals surface area (Å²) >= 11 is 0. The molecule has 5 heteroatoms. The molecular formula is C20H19N3O2. The van der Waals surface area contributed by atoms with Crippen LogP contribution in [0.1, 0.15) is 17.4 Å². The van der Waals surface area contributed by atoms with Gasteiger partial charge in [0.15, 0.2) is 0 Å². The second kappa shape index (κ2) is 6.09. The second-order valence-electron chi connectivity index (χ2n) is 6.22. The van der Waals surface area contributed by atoms with Crippen molar-refractivity contribution in [3.63, 3.8) is 0 Å². The van der Waals surface area contributed by atoms with Crippen molar-refractivity contribution in [2.45, 2.75) is 20.4 Å². The molecule has 0 amide bonds. The summed E-state index contributed by atoms with van der Waals surface area (Å²) in [6.45, 7) is 4.34. The van der Waals surface area contributed by atoms with Crippen LogP contribution in [-0.4, -0.2) is 17.2 Å². The highest BCUT2D eigenvalue weighted by atomic mass is 16.4. The number of aromatic nitrogens is 2. The van der Waals surface area contributed by atoms with Crippen LogP contribution in [0.4, 0.5) is 5.69 Å².